The Balaban J connectivity index is 1.66. The zero-order valence-corrected chi connectivity index (χ0v) is 16.1. The number of sulfonamides is 1. The lowest BCUT2D eigenvalue weighted by Crippen LogP contribution is -2.51. The van der Waals surface area contributed by atoms with E-state index in [4.69, 9.17) is 4.74 Å². The van der Waals surface area contributed by atoms with Crippen molar-refractivity contribution in [2.24, 2.45) is 0 Å². The van der Waals surface area contributed by atoms with Gasteiger partial charge in [0.2, 0.25) is 15.9 Å². The molecule has 0 N–H and O–H groups in total. The number of hydrogen-bond donors (Lipinski definition) is 0. The summed E-state index contributed by atoms with van der Waals surface area (Å²) in [5, 5.41) is 0. The topological polar surface area (TPSA) is 66.9 Å². The molecule has 1 fully saturated rings. The molecule has 1 saturated heterocycles. The van der Waals surface area contributed by atoms with Gasteiger partial charge in [0.25, 0.3) is 0 Å². The molecule has 1 amide bonds. The van der Waals surface area contributed by atoms with Gasteiger partial charge in [-0.05, 0) is 29.8 Å². The Kier molecular flexibility index (Phi) is 5.95. The number of hydrogen-bond acceptors (Lipinski definition) is 4. The van der Waals surface area contributed by atoms with Crippen molar-refractivity contribution in [2.75, 3.05) is 33.3 Å². The number of methoxy groups -OCH3 is 1. The van der Waals surface area contributed by atoms with Crippen LogP contribution in [-0.4, -0.2) is 56.8 Å². The van der Waals surface area contributed by atoms with Gasteiger partial charge in [-0.1, -0.05) is 18.2 Å². The van der Waals surface area contributed by atoms with Gasteiger partial charge >= 0.3 is 0 Å². The van der Waals surface area contributed by atoms with Crippen molar-refractivity contribution in [1.29, 1.82) is 0 Å². The molecule has 9 heteroatoms. The van der Waals surface area contributed by atoms with Crippen molar-refractivity contribution in [2.45, 2.75) is 11.3 Å². The smallest absolute Gasteiger partial charge is 0.249 e. The molecule has 0 radical (unpaired) electrons. The van der Waals surface area contributed by atoms with Gasteiger partial charge in [-0.15, -0.1) is 0 Å². The summed E-state index contributed by atoms with van der Waals surface area (Å²) in [5.74, 6) is -1.76. The maximum atomic E-state index is 13.9. The molecule has 1 aliphatic heterocycles. The second-order valence-corrected chi connectivity index (χ2v) is 8.24. The Bertz CT molecular complexity index is 953. The average Bonchev–Trinajstić information content (AvgIpc) is 2.68. The number of halogens is 2. The molecule has 1 aliphatic rings. The van der Waals surface area contributed by atoms with Gasteiger partial charge in [-0.25, -0.2) is 17.2 Å². The first-order valence-corrected chi connectivity index (χ1v) is 10.1. The van der Waals surface area contributed by atoms with Gasteiger partial charge in [0.15, 0.2) is 4.90 Å². The summed E-state index contributed by atoms with van der Waals surface area (Å²) in [6.45, 7) is 0.246. The quantitative estimate of drug-likeness (QED) is 0.757. The van der Waals surface area contributed by atoms with Gasteiger partial charge in [0.05, 0.1) is 13.5 Å². The highest BCUT2D eigenvalue weighted by atomic mass is 32.2. The normalized spacial score (nSPS) is 15.5. The van der Waals surface area contributed by atoms with Gasteiger partial charge in [-0.2, -0.15) is 4.31 Å². The first-order chi connectivity index (χ1) is 13.3. The average molecular weight is 410 g/mol. The lowest BCUT2D eigenvalue weighted by Gasteiger charge is -2.34. The second-order valence-electron chi connectivity index (χ2n) is 6.36. The number of piperazine rings is 1. The standard InChI is InChI=1S/C19H20F2N2O4S/c1-27-15-5-2-4-14(12-15)13-18(24)22-8-10-23(11-9-22)28(25,26)19-16(20)6-3-7-17(19)21/h2-7,12H,8-11,13H2,1H3. The SMILES string of the molecule is COc1cccc(CC(=O)N2CCN(S(=O)(=O)c3c(F)cccc3F)CC2)c1. The molecule has 0 atom stereocenters. The fourth-order valence-corrected chi connectivity index (χ4v) is 4.64. The van der Waals surface area contributed by atoms with E-state index in [1.165, 1.54) is 0 Å². The molecule has 28 heavy (non-hydrogen) atoms. The van der Waals surface area contributed by atoms with E-state index < -0.39 is 26.6 Å². The Morgan fingerprint density at radius 2 is 1.64 bits per heavy atom. The van der Waals surface area contributed by atoms with Gasteiger partial charge < -0.3 is 9.64 Å². The number of benzene rings is 2. The Hall–Kier alpha value is -2.52. The molecule has 0 aromatic heterocycles. The van der Waals surface area contributed by atoms with E-state index in [0.29, 0.717) is 5.75 Å². The van der Waals surface area contributed by atoms with Crippen LogP contribution in [0.15, 0.2) is 47.4 Å². The van der Waals surface area contributed by atoms with E-state index in [2.05, 4.69) is 0 Å². The largest absolute Gasteiger partial charge is 0.497 e. The highest BCUT2D eigenvalue weighted by Gasteiger charge is 2.34. The molecular formula is C19H20F2N2O4S. The van der Waals surface area contributed by atoms with Crippen molar-refractivity contribution in [1.82, 2.24) is 9.21 Å². The van der Waals surface area contributed by atoms with Crippen molar-refractivity contribution in [3.8, 4) is 5.75 Å². The van der Waals surface area contributed by atoms with E-state index in [-0.39, 0.29) is 38.5 Å². The molecule has 2 aromatic carbocycles. The first-order valence-electron chi connectivity index (χ1n) is 8.68. The summed E-state index contributed by atoms with van der Waals surface area (Å²) >= 11 is 0. The maximum absolute atomic E-state index is 13.9. The minimum Gasteiger partial charge on any atom is -0.497 e. The first kappa shape index (κ1) is 20.2. The molecule has 3 rings (SSSR count). The number of rotatable bonds is 5. The van der Waals surface area contributed by atoms with Crippen LogP contribution in [0.1, 0.15) is 5.56 Å². The summed E-state index contributed by atoms with van der Waals surface area (Å²) < 4.78 is 59.1. The summed E-state index contributed by atoms with van der Waals surface area (Å²) in [5.41, 5.74) is 0.785. The zero-order chi connectivity index (χ0) is 20.3. The molecule has 0 saturated carbocycles. The molecule has 150 valence electrons. The van der Waals surface area contributed by atoms with Crippen molar-refractivity contribution < 1.29 is 26.7 Å². The van der Waals surface area contributed by atoms with E-state index in [9.17, 15) is 22.0 Å². The van der Waals surface area contributed by atoms with E-state index >= 15 is 0 Å². The summed E-state index contributed by atoms with van der Waals surface area (Å²) in [6.07, 6.45) is 0.159. The van der Waals surface area contributed by atoms with Crippen LogP contribution in [0.4, 0.5) is 8.78 Å². The molecule has 0 bridgehead atoms. The summed E-state index contributed by atoms with van der Waals surface area (Å²) in [7, 11) is -2.77. The fraction of sp³-hybridized carbons (Fsp3) is 0.316. The number of carbonyl (C=O) groups is 1. The molecule has 1 heterocycles. The Morgan fingerprint density at radius 3 is 2.25 bits per heavy atom. The third-order valence-electron chi connectivity index (χ3n) is 4.60. The molecule has 2 aromatic rings. The number of amides is 1. The maximum Gasteiger partial charge on any atom is 0.249 e. The van der Waals surface area contributed by atoms with E-state index in [0.717, 1.165) is 28.1 Å². The van der Waals surface area contributed by atoms with Crippen LogP contribution in [0.3, 0.4) is 0 Å². The molecule has 0 spiro atoms. The minimum atomic E-state index is -4.31. The summed E-state index contributed by atoms with van der Waals surface area (Å²) in [6, 6.07) is 10.1. The zero-order valence-electron chi connectivity index (χ0n) is 15.3. The second kappa shape index (κ2) is 8.24. The number of nitrogens with zero attached hydrogens (tertiary/aromatic N) is 2. The third-order valence-corrected chi connectivity index (χ3v) is 6.55. The fourth-order valence-electron chi connectivity index (χ4n) is 3.10. The van der Waals surface area contributed by atoms with Crippen molar-refractivity contribution in [3.05, 3.63) is 59.7 Å². The molecule has 6 nitrogen and oxygen atoms in total. The van der Waals surface area contributed by atoms with Gasteiger partial charge in [0, 0.05) is 26.2 Å². The highest BCUT2D eigenvalue weighted by molar-refractivity contribution is 7.89. The Labute approximate surface area is 162 Å². The third kappa shape index (κ3) is 4.15. The van der Waals surface area contributed by atoms with Crippen LogP contribution in [0.5, 0.6) is 5.75 Å². The van der Waals surface area contributed by atoms with Crippen LogP contribution in [0, 0.1) is 11.6 Å². The predicted octanol–water partition coefficient (Wildman–Crippen LogP) is 2.05. The molecular weight excluding hydrogens is 390 g/mol. The lowest BCUT2D eigenvalue weighted by molar-refractivity contribution is -0.131. The highest BCUT2D eigenvalue weighted by Crippen LogP contribution is 2.24. The van der Waals surface area contributed by atoms with Crippen LogP contribution in [0.25, 0.3) is 0 Å². The number of carbonyl (C=O) groups excluding carboxylic acids is 1. The van der Waals surface area contributed by atoms with Crippen LogP contribution >= 0.6 is 0 Å². The lowest BCUT2D eigenvalue weighted by atomic mass is 10.1. The van der Waals surface area contributed by atoms with Crippen LogP contribution in [0.2, 0.25) is 0 Å². The number of ether oxygens (including phenoxy) is 1. The van der Waals surface area contributed by atoms with Gasteiger partial charge in [0.1, 0.15) is 17.4 Å². The Morgan fingerprint density at radius 1 is 1.04 bits per heavy atom. The monoisotopic (exact) mass is 410 g/mol. The molecule has 0 aliphatic carbocycles. The predicted molar refractivity (Wildman–Crippen MR) is 98.4 cm³/mol. The van der Waals surface area contributed by atoms with Crippen molar-refractivity contribution in [3.63, 3.8) is 0 Å². The van der Waals surface area contributed by atoms with Crippen LogP contribution in [-0.2, 0) is 21.2 Å². The summed E-state index contributed by atoms with van der Waals surface area (Å²) in [4.78, 5) is 13.1. The minimum absolute atomic E-state index is 0.0278. The van der Waals surface area contributed by atoms with Gasteiger partial charge in [-0.3, -0.25) is 4.79 Å². The molecule has 0 unspecified atom stereocenters. The van der Waals surface area contributed by atoms with Crippen LogP contribution < -0.4 is 4.74 Å². The van der Waals surface area contributed by atoms with Crippen molar-refractivity contribution >= 4 is 15.9 Å². The van der Waals surface area contributed by atoms with E-state index in [1.54, 1.807) is 30.2 Å². The van der Waals surface area contributed by atoms with E-state index in [1.807, 2.05) is 6.07 Å².